The molecule has 1 fully saturated rings. The molecule has 0 aromatic rings. The van der Waals surface area contributed by atoms with E-state index in [0.717, 1.165) is 12.8 Å². The van der Waals surface area contributed by atoms with Gasteiger partial charge >= 0.3 is 12.1 Å². The Bertz CT molecular complexity index is 272. The predicted molar refractivity (Wildman–Crippen MR) is 67.2 cm³/mol. The maximum absolute atomic E-state index is 11.7. The van der Waals surface area contributed by atoms with E-state index < -0.39 is 0 Å². The molecule has 1 saturated heterocycles. The summed E-state index contributed by atoms with van der Waals surface area (Å²) in [6.45, 7) is 5.89. The molecule has 0 N–H and O–H groups in total. The first-order chi connectivity index (χ1) is 8.69. The van der Waals surface area contributed by atoms with Gasteiger partial charge in [0.15, 0.2) is 0 Å². The Balaban J connectivity index is 2.26. The lowest BCUT2D eigenvalue weighted by atomic mass is 9.97. The van der Waals surface area contributed by atoms with Crippen LogP contribution in [0.15, 0.2) is 0 Å². The highest BCUT2D eigenvalue weighted by atomic mass is 16.6. The van der Waals surface area contributed by atoms with Gasteiger partial charge in [0, 0.05) is 13.1 Å². The highest BCUT2D eigenvalue weighted by molar-refractivity contribution is 5.73. The van der Waals surface area contributed by atoms with Gasteiger partial charge in [-0.2, -0.15) is 0 Å². The number of esters is 1. The molecule has 1 aliphatic rings. The second-order valence-corrected chi connectivity index (χ2v) is 4.48. The minimum atomic E-state index is -0.282. The summed E-state index contributed by atoms with van der Waals surface area (Å²) in [4.78, 5) is 24.8. The maximum Gasteiger partial charge on any atom is 0.409 e. The third-order valence-electron chi connectivity index (χ3n) is 3.10. The molecule has 0 aromatic carbocycles. The van der Waals surface area contributed by atoms with Gasteiger partial charge in [0.05, 0.1) is 19.1 Å². The van der Waals surface area contributed by atoms with Gasteiger partial charge < -0.3 is 14.4 Å². The van der Waals surface area contributed by atoms with Crippen molar-refractivity contribution in [3.8, 4) is 0 Å². The van der Waals surface area contributed by atoms with Crippen molar-refractivity contribution in [3.05, 3.63) is 0 Å². The van der Waals surface area contributed by atoms with Crippen LogP contribution < -0.4 is 0 Å². The first-order valence-corrected chi connectivity index (χ1v) is 6.77. The second-order valence-electron chi connectivity index (χ2n) is 4.48. The van der Waals surface area contributed by atoms with Crippen molar-refractivity contribution in [2.75, 3.05) is 26.3 Å². The lowest BCUT2D eigenvalue weighted by molar-refractivity contribution is -0.150. The molecule has 1 amide bonds. The van der Waals surface area contributed by atoms with E-state index in [1.54, 1.807) is 11.8 Å². The summed E-state index contributed by atoms with van der Waals surface area (Å²) in [6, 6.07) is 0. The number of rotatable bonds is 5. The molecular weight excluding hydrogens is 234 g/mol. The number of piperidine rings is 1. The number of hydrogen-bond acceptors (Lipinski definition) is 4. The van der Waals surface area contributed by atoms with Gasteiger partial charge in [-0.1, -0.05) is 13.3 Å². The van der Waals surface area contributed by atoms with Crippen molar-refractivity contribution >= 4 is 12.1 Å². The lowest BCUT2D eigenvalue weighted by Gasteiger charge is -2.30. The molecule has 1 rings (SSSR count). The van der Waals surface area contributed by atoms with Gasteiger partial charge in [0.25, 0.3) is 0 Å². The number of nitrogens with zero attached hydrogens (tertiary/aromatic N) is 1. The molecule has 0 radical (unpaired) electrons. The van der Waals surface area contributed by atoms with Crippen molar-refractivity contribution in [1.29, 1.82) is 0 Å². The number of hydrogen-bond donors (Lipinski definition) is 0. The van der Waals surface area contributed by atoms with E-state index >= 15 is 0 Å². The Labute approximate surface area is 108 Å². The van der Waals surface area contributed by atoms with Crippen LogP contribution >= 0.6 is 0 Å². The monoisotopic (exact) mass is 257 g/mol. The Hall–Kier alpha value is -1.26. The quantitative estimate of drug-likeness (QED) is 0.559. The van der Waals surface area contributed by atoms with Crippen molar-refractivity contribution in [2.45, 2.75) is 39.5 Å². The van der Waals surface area contributed by atoms with Gasteiger partial charge in [0.1, 0.15) is 0 Å². The molecule has 1 aliphatic heterocycles. The molecule has 0 spiro atoms. The van der Waals surface area contributed by atoms with Crippen LogP contribution in [0.3, 0.4) is 0 Å². The number of likely N-dealkylation sites (tertiary alicyclic amines) is 1. The van der Waals surface area contributed by atoms with Gasteiger partial charge in [-0.3, -0.25) is 4.79 Å². The van der Waals surface area contributed by atoms with Crippen molar-refractivity contribution in [3.63, 3.8) is 0 Å². The minimum Gasteiger partial charge on any atom is -0.465 e. The van der Waals surface area contributed by atoms with Crippen molar-refractivity contribution < 1.29 is 19.1 Å². The van der Waals surface area contributed by atoms with E-state index in [4.69, 9.17) is 9.47 Å². The Morgan fingerprint density at radius 1 is 1.17 bits per heavy atom. The van der Waals surface area contributed by atoms with E-state index in [9.17, 15) is 9.59 Å². The Kier molecular flexibility index (Phi) is 6.54. The maximum atomic E-state index is 11.7. The molecular formula is C13H23NO4. The number of amides is 1. The van der Waals surface area contributed by atoms with Crippen LogP contribution in [-0.2, 0) is 14.3 Å². The average Bonchev–Trinajstić information content (AvgIpc) is 2.39. The number of carbonyl (C=O) groups excluding carboxylic acids is 2. The fraction of sp³-hybridized carbons (Fsp3) is 0.846. The molecule has 0 bridgehead atoms. The molecule has 5 nitrogen and oxygen atoms in total. The second kappa shape index (κ2) is 7.95. The smallest absolute Gasteiger partial charge is 0.409 e. The van der Waals surface area contributed by atoms with Crippen LogP contribution in [-0.4, -0.2) is 43.3 Å². The molecule has 5 heteroatoms. The normalized spacial score (nSPS) is 16.4. The number of unbranched alkanes of at least 4 members (excludes halogenated alkanes) is 1. The summed E-state index contributed by atoms with van der Waals surface area (Å²) in [6.07, 6.45) is 2.99. The fourth-order valence-electron chi connectivity index (χ4n) is 1.95. The van der Waals surface area contributed by atoms with Crippen LogP contribution in [0.1, 0.15) is 39.5 Å². The zero-order chi connectivity index (χ0) is 13.4. The van der Waals surface area contributed by atoms with Crippen LogP contribution in [0.5, 0.6) is 0 Å². The van der Waals surface area contributed by atoms with Gasteiger partial charge in [-0.05, 0) is 26.2 Å². The zero-order valence-electron chi connectivity index (χ0n) is 11.3. The summed E-state index contributed by atoms with van der Waals surface area (Å²) >= 11 is 0. The number of ether oxygens (including phenoxy) is 2. The van der Waals surface area contributed by atoms with Crippen LogP contribution in [0, 0.1) is 5.92 Å². The third kappa shape index (κ3) is 4.55. The molecule has 0 unspecified atom stereocenters. The predicted octanol–water partition coefficient (Wildman–Crippen LogP) is 2.20. The molecule has 0 atom stereocenters. The number of carbonyl (C=O) groups is 2. The molecule has 0 saturated carbocycles. The van der Waals surface area contributed by atoms with Crippen LogP contribution in [0.2, 0.25) is 0 Å². The minimum absolute atomic E-state index is 0.0625. The SMILES string of the molecule is CCCCOC(=O)C1CCN(C(=O)OCC)CC1. The summed E-state index contributed by atoms with van der Waals surface area (Å²) in [7, 11) is 0. The van der Waals surface area contributed by atoms with E-state index in [1.807, 2.05) is 0 Å². The van der Waals surface area contributed by atoms with Crippen LogP contribution in [0.4, 0.5) is 4.79 Å². The highest BCUT2D eigenvalue weighted by Crippen LogP contribution is 2.19. The summed E-state index contributed by atoms with van der Waals surface area (Å²) < 4.78 is 10.1. The Morgan fingerprint density at radius 2 is 1.83 bits per heavy atom. The van der Waals surface area contributed by atoms with Gasteiger partial charge in [0.2, 0.25) is 0 Å². The Morgan fingerprint density at radius 3 is 2.39 bits per heavy atom. The van der Waals surface area contributed by atoms with Crippen molar-refractivity contribution in [2.24, 2.45) is 5.92 Å². The fourth-order valence-corrected chi connectivity index (χ4v) is 1.95. The van der Waals surface area contributed by atoms with E-state index in [0.29, 0.717) is 39.1 Å². The summed E-state index contributed by atoms with van der Waals surface area (Å²) in [5.41, 5.74) is 0. The van der Waals surface area contributed by atoms with Crippen molar-refractivity contribution in [1.82, 2.24) is 4.90 Å². The average molecular weight is 257 g/mol. The largest absolute Gasteiger partial charge is 0.465 e. The first-order valence-electron chi connectivity index (χ1n) is 6.77. The molecule has 0 aliphatic carbocycles. The first kappa shape index (κ1) is 14.8. The topological polar surface area (TPSA) is 55.8 Å². The summed E-state index contributed by atoms with van der Waals surface area (Å²) in [5.74, 6) is -0.181. The van der Waals surface area contributed by atoms with E-state index in [-0.39, 0.29) is 18.0 Å². The van der Waals surface area contributed by atoms with Gasteiger partial charge in [-0.15, -0.1) is 0 Å². The van der Waals surface area contributed by atoms with E-state index in [1.165, 1.54) is 0 Å². The standard InChI is InChI=1S/C13H23NO4/c1-3-5-10-18-12(15)11-6-8-14(9-7-11)13(16)17-4-2/h11H,3-10H2,1-2H3. The van der Waals surface area contributed by atoms with Crippen LogP contribution in [0.25, 0.3) is 0 Å². The third-order valence-corrected chi connectivity index (χ3v) is 3.10. The molecule has 1 heterocycles. The highest BCUT2D eigenvalue weighted by Gasteiger charge is 2.28. The van der Waals surface area contributed by atoms with Gasteiger partial charge in [-0.25, -0.2) is 4.79 Å². The molecule has 18 heavy (non-hydrogen) atoms. The molecule has 0 aromatic heterocycles. The van der Waals surface area contributed by atoms with E-state index in [2.05, 4.69) is 6.92 Å². The summed E-state index contributed by atoms with van der Waals surface area (Å²) in [5, 5.41) is 0. The lowest BCUT2D eigenvalue weighted by Crippen LogP contribution is -2.41. The molecule has 104 valence electrons. The zero-order valence-corrected chi connectivity index (χ0v) is 11.3.